The molecule has 6 nitrogen and oxygen atoms in total. The van der Waals surface area contributed by atoms with E-state index in [4.69, 9.17) is 4.74 Å². The first-order valence-electron chi connectivity index (χ1n) is 8.80. The Kier molecular flexibility index (Phi) is 4.36. The minimum absolute atomic E-state index is 0.135. The molecule has 3 heterocycles. The molecule has 0 saturated carbocycles. The van der Waals surface area contributed by atoms with E-state index in [1.54, 1.807) is 4.52 Å². The van der Waals surface area contributed by atoms with Gasteiger partial charge in [-0.05, 0) is 32.3 Å². The van der Waals surface area contributed by atoms with Crippen molar-refractivity contribution in [1.82, 2.24) is 19.6 Å². The van der Waals surface area contributed by atoms with E-state index < -0.39 is 0 Å². The molecule has 2 unspecified atom stereocenters. The lowest BCUT2D eigenvalue weighted by molar-refractivity contribution is -0.0238. The Morgan fingerprint density at radius 1 is 1.24 bits per heavy atom. The van der Waals surface area contributed by atoms with Crippen molar-refractivity contribution in [2.45, 2.75) is 32.8 Å². The van der Waals surface area contributed by atoms with Crippen molar-refractivity contribution in [1.29, 1.82) is 0 Å². The summed E-state index contributed by atoms with van der Waals surface area (Å²) in [5, 5.41) is 7.80. The predicted molar refractivity (Wildman–Crippen MR) is 96.6 cm³/mol. The highest BCUT2D eigenvalue weighted by Gasteiger charge is 2.27. The molecule has 6 heteroatoms. The van der Waals surface area contributed by atoms with Gasteiger partial charge in [-0.25, -0.2) is 4.98 Å². The molecule has 1 aromatic carbocycles. The third-order valence-electron chi connectivity index (χ3n) is 4.78. The van der Waals surface area contributed by atoms with E-state index in [0.717, 1.165) is 37.5 Å². The van der Waals surface area contributed by atoms with E-state index in [0.29, 0.717) is 11.7 Å². The second-order valence-electron chi connectivity index (χ2n) is 6.74. The van der Waals surface area contributed by atoms with Gasteiger partial charge in [-0.15, -0.1) is 0 Å². The van der Waals surface area contributed by atoms with Gasteiger partial charge >= 0.3 is 0 Å². The number of benzene rings is 1. The van der Waals surface area contributed by atoms with E-state index in [1.807, 2.05) is 13.0 Å². The van der Waals surface area contributed by atoms with Crippen molar-refractivity contribution >= 4 is 11.6 Å². The highest BCUT2D eigenvalue weighted by atomic mass is 16.5. The van der Waals surface area contributed by atoms with E-state index in [-0.39, 0.29) is 6.10 Å². The van der Waals surface area contributed by atoms with Gasteiger partial charge in [-0.1, -0.05) is 29.8 Å². The fraction of sp³-hybridized carbons (Fsp3) is 0.421. The summed E-state index contributed by atoms with van der Waals surface area (Å²) < 4.78 is 7.86. The summed E-state index contributed by atoms with van der Waals surface area (Å²) in [5.41, 5.74) is 3.46. The smallest absolute Gasteiger partial charge is 0.254 e. The Morgan fingerprint density at radius 3 is 2.92 bits per heavy atom. The Bertz CT molecular complexity index is 858. The number of aryl methyl sites for hydroxylation is 2. The first kappa shape index (κ1) is 16.0. The van der Waals surface area contributed by atoms with Crippen molar-refractivity contribution in [3.63, 3.8) is 0 Å². The average molecular weight is 337 g/mol. The number of hydrogen-bond donors (Lipinski definition) is 1. The molecule has 0 amide bonds. The molecule has 25 heavy (non-hydrogen) atoms. The number of anilines is 1. The second-order valence-corrected chi connectivity index (χ2v) is 6.74. The number of rotatable bonds is 4. The van der Waals surface area contributed by atoms with Gasteiger partial charge in [0, 0.05) is 30.8 Å². The minimum Gasteiger partial charge on any atom is -0.373 e. The first-order valence-corrected chi connectivity index (χ1v) is 8.80. The van der Waals surface area contributed by atoms with Crippen LogP contribution in [0.25, 0.3) is 5.78 Å². The molecule has 2 atom stereocenters. The van der Waals surface area contributed by atoms with Crippen LogP contribution in [-0.2, 0) is 4.74 Å². The first-order chi connectivity index (χ1) is 12.2. The molecule has 130 valence electrons. The lowest BCUT2D eigenvalue weighted by atomic mass is 9.89. The summed E-state index contributed by atoms with van der Waals surface area (Å²) in [6, 6.07) is 10.7. The topological polar surface area (TPSA) is 64.3 Å². The number of hydrogen-bond acceptors (Lipinski definition) is 5. The standard InChI is InChI=1S/C19H23N5O/c1-13-5-7-15(8-6-13)18-16(4-3-9-25-18)11-20-17-10-14(2)23-19-21-12-22-24(17)19/h5-8,10,12,16,18,20H,3-4,9,11H2,1-2H3. The molecule has 1 N–H and O–H groups in total. The molecule has 1 fully saturated rings. The zero-order valence-corrected chi connectivity index (χ0v) is 14.6. The summed E-state index contributed by atoms with van der Waals surface area (Å²) in [4.78, 5) is 8.57. The summed E-state index contributed by atoms with van der Waals surface area (Å²) in [7, 11) is 0. The molecular formula is C19H23N5O. The molecule has 3 aromatic rings. The largest absolute Gasteiger partial charge is 0.373 e. The van der Waals surface area contributed by atoms with Gasteiger partial charge in [-0.3, -0.25) is 0 Å². The van der Waals surface area contributed by atoms with Crippen LogP contribution in [0.4, 0.5) is 5.82 Å². The van der Waals surface area contributed by atoms with Crippen LogP contribution in [0.5, 0.6) is 0 Å². The monoisotopic (exact) mass is 337 g/mol. The molecule has 1 aliphatic rings. The van der Waals surface area contributed by atoms with Crippen molar-refractivity contribution in [2.24, 2.45) is 5.92 Å². The maximum atomic E-state index is 6.11. The fourth-order valence-electron chi connectivity index (χ4n) is 3.47. The fourth-order valence-corrected chi connectivity index (χ4v) is 3.47. The van der Waals surface area contributed by atoms with Crippen molar-refractivity contribution in [3.05, 3.63) is 53.5 Å². The summed E-state index contributed by atoms with van der Waals surface area (Å²) >= 11 is 0. The number of ether oxygens (including phenoxy) is 1. The zero-order valence-electron chi connectivity index (χ0n) is 14.6. The minimum atomic E-state index is 0.135. The Balaban J connectivity index is 1.53. The van der Waals surface area contributed by atoms with Gasteiger partial charge in [0.2, 0.25) is 0 Å². The lowest BCUT2D eigenvalue weighted by Gasteiger charge is -2.32. The SMILES string of the molecule is Cc1ccc(C2OCCCC2CNc2cc(C)nc3ncnn23)cc1. The van der Waals surface area contributed by atoms with Crippen molar-refractivity contribution in [3.8, 4) is 0 Å². The number of nitrogens with zero attached hydrogens (tertiary/aromatic N) is 4. The quantitative estimate of drug-likeness (QED) is 0.791. The normalized spacial score (nSPS) is 20.7. The Morgan fingerprint density at radius 2 is 2.08 bits per heavy atom. The molecule has 1 aliphatic heterocycles. The van der Waals surface area contributed by atoms with Crippen LogP contribution < -0.4 is 5.32 Å². The number of nitrogens with one attached hydrogen (secondary N) is 1. The van der Waals surface area contributed by atoms with Crippen LogP contribution in [0.15, 0.2) is 36.7 Å². The molecule has 0 aliphatic carbocycles. The highest BCUT2D eigenvalue weighted by Crippen LogP contribution is 2.34. The number of fused-ring (bicyclic) bond motifs is 1. The third kappa shape index (κ3) is 3.35. The molecule has 2 aromatic heterocycles. The molecular weight excluding hydrogens is 314 g/mol. The van der Waals surface area contributed by atoms with Crippen molar-refractivity contribution < 1.29 is 4.74 Å². The molecule has 0 radical (unpaired) electrons. The van der Waals surface area contributed by atoms with Gasteiger partial charge in [0.1, 0.15) is 12.1 Å². The molecule has 0 bridgehead atoms. The van der Waals surface area contributed by atoms with Gasteiger partial charge < -0.3 is 10.1 Å². The maximum absolute atomic E-state index is 6.11. The maximum Gasteiger partial charge on any atom is 0.254 e. The molecule has 4 rings (SSSR count). The van der Waals surface area contributed by atoms with Gasteiger partial charge in [0.25, 0.3) is 5.78 Å². The van der Waals surface area contributed by atoms with E-state index in [2.05, 4.69) is 51.6 Å². The Labute approximate surface area is 147 Å². The van der Waals surface area contributed by atoms with Gasteiger partial charge in [0.05, 0.1) is 6.10 Å². The molecule has 1 saturated heterocycles. The van der Waals surface area contributed by atoms with Crippen LogP contribution >= 0.6 is 0 Å². The third-order valence-corrected chi connectivity index (χ3v) is 4.78. The van der Waals surface area contributed by atoms with Gasteiger partial charge in [-0.2, -0.15) is 14.6 Å². The molecule has 0 spiro atoms. The van der Waals surface area contributed by atoms with Crippen LogP contribution in [0.3, 0.4) is 0 Å². The van der Waals surface area contributed by atoms with Crippen LogP contribution in [0, 0.1) is 19.8 Å². The summed E-state index contributed by atoms with van der Waals surface area (Å²) in [6.07, 6.45) is 3.92. The highest BCUT2D eigenvalue weighted by molar-refractivity contribution is 5.44. The predicted octanol–water partition coefficient (Wildman–Crippen LogP) is 3.32. The van der Waals surface area contributed by atoms with E-state index in [9.17, 15) is 0 Å². The van der Waals surface area contributed by atoms with Gasteiger partial charge in [0.15, 0.2) is 0 Å². The van der Waals surface area contributed by atoms with Crippen LogP contribution in [0.1, 0.15) is 35.8 Å². The zero-order chi connectivity index (χ0) is 17.2. The Hall–Kier alpha value is -2.47. The van der Waals surface area contributed by atoms with Crippen LogP contribution in [-0.4, -0.2) is 32.7 Å². The van der Waals surface area contributed by atoms with E-state index in [1.165, 1.54) is 17.5 Å². The lowest BCUT2D eigenvalue weighted by Crippen LogP contribution is -2.28. The van der Waals surface area contributed by atoms with Crippen molar-refractivity contribution in [2.75, 3.05) is 18.5 Å². The number of aromatic nitrogens is 4. The average Bonchev–Trinajstić information content (AvgIpc) is 3.09. The summed E-state index contributed by atoms with van der Waals surface area (Å²) in [6.45, 7) is 5.74. The van der Waals surface area contributed by atoms with Crippen LogP contribution in [0.2, 0.25) is 0 Å². The van der Waals surface area contributed by atoms with E-state index >= 15 is 0 Å². The second kappa shape index (κ2) is 6.80. The summed E-state index contributed by atoms with van der Waals surface area (Å²) in [5.74, 6) is 1.97.